The fourth-order valence-corrected chi connectivity index (χ4v) is 2.34. The molecule has 1 N–H and O–H groups in total. The van der Waals surface area contributed by atoms with Crippen molar-refractivity contribution >= 4 is 11.6 Å². The van der Waals surface area contributed by atoms with Gasteiger partial charge in [0.15, 0.2) is 11.5 Å². The molecule has 2 aliphatic heterocycles. The van der Waals surface area contributed by atoms with Gasteiger partial charge in [-0.1, -0.05) is 12.1 Å². The number of hydrogen-bond donors (Lipinski definition) is 1. The minimum absolute atomic E-state index is 0.0834. The van der Waals surface area contributed by atoms with E-state index in [0.717, 1.165) is 0 Å². The highest BCUT2D eigenvalue weighted by molar-refractivity contribution is 5.98. The van der Waals surface area contributed by atoms with Crippen LogP contribution in [-0.2, 0) is 4.79 Å². The Kier molecular flexibility index (Phi) is 2.53. The summed E-state index contributed by atoms with van der Waals surface area (Å²) >= 11 is 0. The van der Waals surface area contributed by atoms with Crippen LogP contribution < -0.4 is 19.5 Å². The summed E-state index contributed by atoms with van der Waals surface area (Å²) in [7, 11) is 0. The first kappa shape index (κ1) is 12.9. The Labute approximate surface area is 123 Å². The largest absolute Gasteiger partial charge is 0.586 e. The monoisotopic (exact) mass is 304 g/mol. The van der Waals surface area contributed by atoms with Gasteiger partial charge in [0.05, 0.1) is 5.69 Å². The van der Waals surface area contributed by atoms with Gasteiger partial charge in [0, 0.05) is 5.56 Å². The van der Waals surface area contributed by atoms with E-state index >= 15 is 0 Å². The Bertz CT molecular complexity index is 778. The molecule has 0 saturated carbocycles. The molecule has 2 aromatic carbocycles. The third-order valence-electron chi connectivity index (χ3n) is 3.29. The summed E-state index contributed by atoms with van der Waals surface area (Å²) in [6, 6.07) is 11.8. The molecule has 1 atom stereocenters. The second-order valence-electron chi connectivity index (χ2n) is 4.78. The highest BCUT2D eigenvalue weighted by Crippen LogP contribution is 2.43. The van der Waals surface area contributed by atoms with Crippen molar-refractivity contribution in [2.45, 2.75) is 12.4 Å². The molecule has 111 valence electrons. The number of carbonyl (C=O) groups excluding carboxylic acids is 1. The Morgan fingerprint density at radius 1 is 1.14 bits per heavy atom. The number of alkyl halides is 2. The Balaban J connectivity index is 1.68. The Morgan fingerprint density at radius 2 is 1.95 bits per heavy atom. The van der Waals surface area contributed by atoms with Gasteiger partial charge in [-0.2, -0.15) is 0 Å². The Hall–Kier alpha value is -2.83. The van der Waals surface area contributed by atoms with Crippen molar-refractivity contribution in [3.8, 4) is 17.2 Å². The number of amides is 1. The van der Waals surface area contributed by atoms with Crippen molar-refractivity contribution in [1.82, 2.24) is 0 Å². The van der Waals surface area contributed by atoms with E-state index in [1.54, 1.807) is 18.2 Å². The summed E-state index contributed by atoms with van der Waals surface area (Å²) in [5, 5.41) is 2.68. The third-order valence-corrected chi connectivity index (χ3v) is 3.29. The van der Waals surface area contributed by atoms with Gasteiger partial charge in [-0.05, 0) is 30.3 Å². The molecule has 22 heavy (non-hydrogen) atoms. The van der Waals surface area contributed by atoms with E-state index in [0.29, 0.717) is 17.0 Å². The van der Waals surface area contributed by atoms with Crippen LogP contribution >= 0.6 is 0 Å². The second-order valence-corrected chi connectivity index (χ2v) is 4.78. The average Bonchev–Trinajstić information content (AvgIpc) is 2.79. The zero-order valence-corrected chi connectivity index (χ0v) is 10.9. The van der Waals surface area contributed by atoms with E-state index in [-0.39, 0.29) is 11.5 Å². The van der Waals surface area contributed by atoms with Gasteiger partial charge < -0.3 is 19.5 Å². The molecular formula is C15H8F2NO4. The summed E-state index contributed by atoms with van der Waals surface area (Å²) in [6.45, 7) is 0. The van der Waals surface area contributed by atoms with Crippen LogP contribution in [0.3, 0.4) is 0 Å². The fourth-order valence-electron chi connectivity index (χ4n) is 2.34. The first-order valence-electron chi connectivity index (χ1n) is 6.39. The maximum absolute atomic E-state index is 13.0. The van der Waals surface area contributed by atoms with Crippen LogP contribution in [0.2, 0.25) is 0 Å². The van der Waals surface area contributed by atoms with E-state index in [2.05, 4.69) is 20.9 Å². The zero-order chi connectivity index (χ0) is 15.3. The van der Waals surface area contributed by atoms with Crippen molar-refractivity contribution < 1.29 is 27.8 Å². The standard InChI is InChI=1S/C15H8F2NO4/c16-15(17)21-11-6-5-8(7-12(11)22-15)13-14(19)18-9-3-1-2-4-10(9)20-13/h2-7,13H,(H,18,19). The van der Waals surface area contributed by atoms with Crippen LogP contribution in [0.15, 0.2) is 36.4 Å². The SMILES string of the molecule is O=C1Nc2c[c]ccc2OC1c1ccc2c(c1)OC(F)(F)O2. The quantitative estimate of drug-likeness (QED) is 0.880. The average molecular weight is 304 g/mol. The Morgan fingerprint density at radius 3 is 2.82 bits per heavy atom. The summed E-state index contributed by atoms with van der Waals surface area (Å²) in [5.41, 5.74) is 0.895. The predicted octanol–water partition coefficient (Wildman–Crippen LogP) is 2.88. The van der Waals surface area contributed by atoms with Crippen LogP contribution in [0.1, 0.15) is 11.7 Å². The van der Waals surface area contributed by atoms with E-state index < -0.39 is 18.3 Å². The molecule has 0 bridgehead atoms. The molecule has 0 saturated heterocycles. The molecule has 1 amide bonds. The van der Waals surface area contributed by atoms with E-state index in [1.807, 2.05) is 0 Å². The number of nitrogens with one attached hydrogen (secondary N) is 1. The summed E-state index contributed by atoms with van der Waals surface area (Å²) in [5.74, 6) is -0.143. The number of hydrogen-bond acceptors (Lipinski definition) is 4. The normalized spacial score (nSPS) is 20.8. The van der Waals surface area contributed by atoms with Crippen LogP contribution in [0, 0.1) is 6.07 Å². The maximum Gasteiger partial charge on any atom is 0.586 e. The first-order valence-corrected chi connectivity index (χ1v) is 6.39. The molecule has 5 nitrogen and oxygen atoms in total. The lowest BCUT2D eigenvalue weighted by atomic mass is 10.1. The molecule has 0 aromatic heterocycles. The van der Waals surface area contributed by atoms with Gasteiger partial charge in [-0.25, -0.2) is 0 Å². The van der Waals surface area contributed by atoms with Gasteiger partial charge in [-0.3, -0.25) is 4.79 Å². The molecule has 2 aliphatic rings. The fraction of sp³-hybridized carbons (Fsp3) is 0.133. The van der Waals surface area contributed by atoms with Crippen molar-refractivity contribution in [2.24, 2.45) is 0 Å². The molecule has 2 aromatic rings. The number of rotatable bonds is 1. The number of ether oxygens (including phenoxy) is 3. The molecule has 7 heteroatoms. The van der Waals surface area contributed by atoms with Gasteiger partial charge in [0.1, 0.15) is 5.75 Å². The van der Waals surface area contributed by atoms with Crippen LogP contribution in [0.4, 0.5) is 14.5 Å². The lowest BCUT2D eigenvalue weighted by Gasteiger charge is -2.25. The lowest BCUT2D eigenvalue weighted by Crippen LogP contribution is -2.30. The lowest BCUT2D eigenvalue weighted by molar-refractivity contribution is -0.286. The number of carbonyl (C=O) groups is 1. The molecule has 2 heterocycles. The second kappa shape index (κ2) is 4.33. The van der Waals surface area contributed by atoms with Gasteiger partial charge in [0.2, 0.25) is 6.10 Å². The van der Waals surface area contributed by atoms with Crippen molar-refractivity contribution in [2.75, 3.05) is 5.32 Å². The predicted molar refractivity (Wildman–Crippen MR) is 69.9 cm³/mol. The van der Waals surface area contributed by atoms with Gasteiger partial charge in [0.25, 0.3) is 5.91 Å². The van der Waals surface area contributed by atoms with Gasteiger partial charge in [-0.15, -0.1) is 8.78 Å². The van der Waals surface area contributed by atoms with Gasteiger partial charge >= 0.3 is 6.29 Å². The smallest absolute Gasteiger partial charge is 0.474 e. The first-order chi connectivity index (χ1) is 10.5. The van der Waals surface area contributed by atoms with Crippen LogP contribution in [-0.4, -0.2) is 12.2 Å². The third kappa shape index (κ3) is 2.02. The number of fused-ring (bicyclic) bond motifs is 2. The highest BCUT2D eigenvalue weighted by Gasteiger charge is 2.44. The number of benzene rings is 2. The molecule has 4 rings (SSSR count). The summed E-state index contributed by atoms with van der Waals surface area (Å²) < 4.78 is 40.4. The molecule has 1 unspecified atom stereocenters. The zero-order valence-electron chi connectivity index (χ0n) is 10.9. The topological polar surface area (TPSA) is 56.8 Å². The molecule has 0 aliphatic carbocycles. The molecule has 0 fully saturated rings. The van der Waals surface area contributed by atoms with Crippen LogP contribution in [0.5, 0.6) is 17.2 Å². The van der Waals surface area contributed by atoms with E-state index in [9.17, 15) is 13.6 Å². The minimum Gasteiger partial charge on any atom is -0.474 e. The van der Waals surface area contributed by atoms with E-state index in [4.69, 9.17) is 4.74 Å². The summed E-state index contributed by atoms with van der Waals surface area (Å²) in [4.78, 5) is 12.1. The molecular weight excluding hydrogens is 296 g/mol. The van der Waals surface area contributed by atoms with Crippen LogP contribution in [0.25, 0.3) is 0 Å². The molecule has 1 radical (unpaired) electrons. The number of anilines is 1. The van der Waals surface area contributed by atoms with Crippen molar-refractivity contribution in [3.63, 3.8) is 0 Å². The minimum atomic E-state index is -3.70. The van der Waals surface area contributed by atoms with Crippen molar-refractivity contribution in [1.29, 1.82) is 0 Å². The summed E-state index contributed by atoms with van der Waals surface area (Å²) in [6.07, 6.45) is -4.66. The number of halogens is 2. The van der Waals surface area contributed by atoms with Crippen molar-refractivity contribution in [3.05, 3.63) is 48.0 Å². The molecule has 0 spiro atoms. The maximum atomic E-state index is 13.0. The highest BCUT2D eigenvalue weighted by atomic mass is 19.3. The van der Waals surface area contributed by atoms with E-state index in [1.165, 1.54) is 18.2 Å².